The molecule has 1 saturated heterocycles. The van der Waals surface area contributed by atoms with E-state index in [2.05, 4.69) is 42.5 Å². The van der Waals surface area contributed by atoms with Crippen LogP contribution in [0.25, 0.3) is 0 Å². The van der Waals surface area contributed by atoms with Crippen LogP contribution in [0.4, 0.5) is 4.79 Å². The zero-order chi connectivity index (χ0) is 30.6. The predicted octanol–water partition coefficient (Wildman–Crippen LogP) is 4.25. The van der Waals surface area contributed by atoms with Crippen LogP contribution < -0.4 is 15.4 Å². The average molecular weight is 686 g/mol. The number of benzene rings is 1. The standard InChI is InChI=1S/C32H39BrClN7O3/c33-24-17-23-8-7-22-18-25(34)9-10-27(22)30(29(23)41(44)19-24)39-15-16-40(32(43)37-26-5-2-1-3-6-26)28(20-39)31(42)36-11-4-13-38-14-12-35-21-38/h9-10,12,14,17-19,21,26,28,30H,1-8,11,13,15-16,20H2,(H2-,36,37,42,43,44)/p+1. The fourth-order valence-corrected chi connectivity index (χ4v) is 7.64. The molecule has 2 atom stereocenters. The maximum absolute atomic E-state index is 13.9. The Morgan fingerprint density at radius 2 is 1.93 bits per heavy atom. The van der Waals surface area contributed by atoms with E-state index in [0.717, 1.165) is 78.3 Å². The van der Waals surface area contributed by atoms with Gasteiger partial charge in [0.2, 0.25) is 12.1 Å². The van der Waals surface area contributed by atoms with Crippen molar-refractivity contribution in [3.63, 3.8) is 0 Å². The normalized spacial score (nSPS) is 20.8. The summed E-state index contributed by atoms with van der Waals surface area (Å²) >= 11 is 9.98. The Morgan fingerprint density at radius 3 is 2.73 bits per heavy atom. The van der Waals surface area contributed by atoms with Crippen molar-refractivity contribution in [3.8, 4) is 0 Å². The number of carbonyl (C=O) groups is 2. The molecule has 1 aromatic carbocycles. The van der Waals surface area contributed by atoms with Gasteiger partial charge >= 0.3 is 6.03 Å². The Hall–Kier alpha value is -3.15. The minimum atomic E-state index is -0.689. The van der Waals surface area contributed by atoms with Gasteiger partial charge in [0.1, 0.15) is 12.1 Å². The Morgan fingerprint density at radius 1 is 1.11 bits per heavy atom. The lowest BCUT2D eigenvalue weighted by atomic mass is 9.94. The van der Waals surface area contributed by atoms with Gasteiger partial charge in [0.15, 0.2) is 0 Å². The van der Waals surface area contributed by atoms with E-state index in [4.69, 9.17) is 11.6 Å². The summed E-state index contributed by atoms with van der Waals surface area (Å²) in [6, 6.07) is 6.94. The largest absolute Gasteiger partial charge is 0.354 e. The summed E-state index contributed by atoms with van der Waals surface area (Å²) in [7, 11) is 0. The van der Waals surface area contributed by atoms with Crippen molar-refractivity contribution in [1.29, 1.82) is 0 Å². The first-order valence-corrected chi connectivity index (χ1v) is 16.8. The Kier molecular flexibility index (Phi) is 9.73. The molecule has 0 spiro atoms. The molecule has 2 aromatic heterocycles. The van der Waals surface area contributed by atoms with Crippen LogP contribution in [-0.4, -0.2) is 74.8 Å². The van der Waals surface area contributed by atoms with Crippen LogP contribution >= 0.6 is 27.5 Å². The number of rotatable bonds is 7. The van der Waals surface area contributed by atoms with E-state index in [1.165, 1.54) is 11.2 Å². The van der Waals surface area contributed by atoms with Gasteiger partial charge in [-0.1, -0.05) is 36.9 Å². The Balaban J connectivity index is 1.28. The molecule has 3 aliphatic rings. The summed E-state index contributed by atoms with van der Waals surface area (Å²) in [5.41, 5.74) is 3.97. The fourth-order valence-electron chi connectivity index (χ4n) is 6.98. The van der Waals surface area contributed by atoms with Crippen molar-refractivity contribution in [2.75, 3.05) is 26.2 Å². The number of hydrogen-bond donors (Lipinski definition) is 3. The molecule has 10 nitrogen and oxygen atoms in total. The first-order chi connectivity index (χ1) is 21.4. The topological polar surface area (TPSA) is 107 Å². The monoisotopic (exact) mass is 684 g/mol. The van der Waals surface area contributed by atoms with Gasteiger partial charge in [-0.2, -0.15) is 0 Å². The third-order valence-electron chi connectivity index (χ3n) is 9.18. The maximum atomic E-state index is 13.9. The molecule has 6 rings (SSSR count). The quantitative estimate of drug-likeness (QED) is 0.196. The zero-order valence-electron chi connectivity index (χ0n) is 24.8. The van der Waals surface area contributed by atoms with Crippen LogP contribution in [0.1, 0.15) is 67.0 Å². The van der Waals surface area contributed by atoms with Crippen molar-refractivity contribution >= 4 is 39.5 Å². The Labute approximate surface area is 271 Å². The van der Waals surface area contributed by atoms with E-state index in [1.54, 1.807) is 23.6 Å². The van der Waals surface area contributed by atoms with Crippen molar-refractivity contribution in [1.82, 2.24) is 30.0 Å². The number of piperazine rings is 1. The van der Waals surface area contributed by atoms with Crippen LogP contribution in [0, 0.1) is 0 Å². The highest BCUT2D eigenvalue weighted by Crippen LogP contribution is 2.38. The Bertz CT molecular complexity index is 1480. The number of hydrogen-bond acceptors (Lipinski definition) is 5. The SMILES string of the molecule is O=C(NCCCn1ccnc1)C1CN(C2c3ccc(Cl)cc3CCc3cc(Br)c[n+](O)c32)CCN1C(=O)NC1CCCCC1. The van der Waals surface area contributed by atoms with E-state index in [0.29, 0.717) is 31.2 Å². The van der Waals surface area contributed by atoms with Crippen molar-refractivity contribution < 1.29 is 19.5 Å². The molecule has 0 radical (unpaired) electrons. The van der Waals surface area contributed by atoms with Gasteiger partial charge in [0, 0.05) is 66.5 Å². The van der Waals surface area contributed by atoms with Crippen LogP contribution in [-0.2, 0) is 24.2 Å². The van der Waals surface area contributed by atoms with Gasteiger partial charge in [-0.05, 0) is 77.4 Å². The van der Waals surface area contributed by atoms with Gasteiger partial charge in [-0.25, -0.2) is 9.78 Å². The first kappa shape index (κ1) is 30.9. The molecule has 3 N–H and O–H groups in total. The molecular formula is C32H40BrClN7O3+. The number of fused-ring (bicyclic) bond motifs is 2. The number of nitrogens with one attached hydrogen (secondary N) is 2. The number of aromatic nitrogens is 3. The number of carbonyl (C=O) groups excluding carboxylic acids is 2. The second-order valence-corrected chi connectivity index (χ2v) is 13.4. The first-order valence-electron chi connectivity index (χ1n) is 15.6. The predicted molar refractivity (Wildman–Crippen MR) is 170 cm³/mol. The van der Waals surface area contributed by atoms with Gasteiger partial charge in [-0.3, -0.25) is 14.9 Å². The molecule has 3 amide bonds. The van der Waals surface area contributed by atoms with E-state index in [9.17, 15) is 14.8 Å². The average Bonchev–Trinajstić information content (AvgIpc) is 3.48. The molecule has 2 aliphatic carbocycles. The third-order valence-corrected chi connectivity index (χ3v) is 9.85. The summed E-state index contributed by atoms with van der Waals surface area (Å²) in [6.07, 6.45) is 14.7. The summed E-state index contributed by atoms with van der Waals surface area (Å²) in [4.78, 5) is 35.6. The zero-order valence-corrected chi connectivity index (χ0v) is 27.1. The number of halogens is 2. The fraction of sp³-hybridized carbons (Fsp3) is 0.500. The second kappa shape index (κ2) is 13.9. The molecule has 2 fully saturated rings. The second-order valence-electron chi connectivity index (χ2n) is 12.1. The molecule has 12 heteroatoms. The molecule has 234 valence electrons. The maximum Gasteiger partial charge on any atom is 0.318 e. The highest BCUT2D eigenvalue weighted by atomic mass is 79.9. The third kappa shape index (κ3) is 6.89. The molecule has 1 saturated carbocycles. The lowest BCUT2D eigenvalue weighted by molar-refractivity contribution is -0.911. The minimum absolute atomic E-state index is 0.144. The van der Waals surface area contributed by atoms with E-state index >= 15 is 0 Å². The molecule has 1 aliphatic heterocycles. The molecule has 2 unspecified atom stereocenters. The molecule has 44 heavy (non-hydrogen) atoms. The van der Waals surface area contributed by atoms with Gasteiger partial charge in [0.05, 0.1) is 10.8 Å². The smallest absolute Gasteiger partial charge is 0.318 e. The van der Waals surface area contributed by atoms with Crippen molar-refractivity contribution in [2.24, 2.45) is 0 Å². The summed E-state index contributed by atoms with van der Waals surface area (Å²) < 4.78 is 3.98. The van der Waals surface area contributed by atoms with Crippen LogP contribution in [0.3, 0.4) is 0 Å². The van der Waals surface area contributed by atoms with Crippen molar-refractivity contribution in [2.45, 2.75) is 76.0 Å². The van der Waals surface area contributed by atoms with Gasteiger partial charge in [0.25, 0.3) is 5.69 Å². The summed E-state index contributed by atoms with van der Waals surface area (Å²) in [5, 5.41) is 18.2. The number of aryl methyl sites for hydroxylation is 3. The number of amides is 3. The van der Waals surface area contributed by atoms with E-state index in [-0.39, 0.29) is 24.0 Å². The number of pyridine rings is 1. The van der Waals surface area contributed by atoms with Crippen LogP contribution in [0.5, 0.6) is 0 Å². The van der Waals surface area contributed by atoms with Crippen LogP contribution in [0.2, 0.25) is 5.02 Å². The van der Waals surface area contributed by atoms with Crippen molar-refractivity contribution in [3.05, 3.63) is 81.1 Å². The van der Waals surface area contributed by atoms with E-state index in [1.807, 2.05) is 29.0 Å². The summed E-state index contributed by atoms with van der Waals surface area (Å²) in [6.45, 7) is 2.50. The lowest BCUT2D eigenvalue weighted by Crippen LogP contribution is -2.64. The molecular weight excluding hydrogens is 646 g/mol. The molecule has 3 aromatic rings. The lowest BCUT2D eigenvalue weighted by Gasteiger charge is -2.43. The molecule has 3 heterocycles. The van der Waals surface area contributed by atoms with Gasteiger partial charge in [-0.15, -0.1) is 0 Å². The van der Waals surface area contributed by atoms with Gasteiger partial charge < -0.3 is 20.1 Å². The number of nitrogens with zero attached hydrogens (tertiary/aromatic N) is 5. The highest BCUT2D eigenvalue weighted by Gasteiger charge is 2.43. The molecule has 0 bridgehead atoms. The number of urea groups is 1. The number of imidazole rings is 1. The summed E-state index contributed by atoms with van der Waals surface area (Å²) in [5.74, 6) is -0.169. The van der Waals surface area contributed by atoms with Crippen LogP contribution in [0.15, 0.2) is 53.7 Å². The minimum Gasteiger partial charge on any atom is -0.354 e. The highest BCUT2D eigenvalue weighted by molar-refractivity contribution is 9.10. The van der Waals surface area contributed by atoms with E-state index < -0.39 is 6.04 Å².